The molecule has 6 atom stereocenters. The van der Waals surface area contributed by atoms with Gasteiger partial charge in [0.05, 0.1) is 39.9 Å². The number of amides is 3. The molecule has 2 bridgehead atoms. The van der Waals surface area contributed by atoms with Crippen molar-refractivity contribution in [3.63, 3.8) is 0 Å². The second-order valence-electron chi connectivity index (χ2n) is 11.5. The van der Waals surface area contributed by atoms with Crippen molar-refractivity contribution < 1.29 is 19.5 Å². The number of aliphatic hydroxyl groups excluding tert-OH is 1. The number of anilines is 2. The molecule has 0 aliphatic carbocycles. The molecule has 2 aromatic rings. The summed E-state index contributed by atoms with van der Waals surface area (Å²) in [5.41, 5.74) is 1.27. The Morgan fingerprint density at radius 1 is 1.07 bits per heavy atom. The molecule has 0 saturated carbocycles. The first-order valence-corrected chi connectivity index (χ1v) is 15.7. The average Bonchev–Trinajstić information content (AvgIpc) is 3.56. The molecule has 7 nitrogen and oxygen atoms in total. The number of benzene rings is 2. The number of carbonyl (C=O) groups is 3. The lowest BCUT2D eigenvalue weighted by Crippen LogP contribution is -2.57. The lowest BCUT2D eigenvalue weighted by Gasteiger charge is -2.39. The highest BCUT2D eigenvalue weighted by molar-refractivity contribution is 8.02. The first kappa shape index (κ1) is 30.4. The number of nitrogens with zero attached hydrogens (tertiary/aromatic N) is 3. The molecular formula is C33H38ClN3O4S. The molecule has 3 aliphatic heterocycles. The third-order valence-corrected chi connectivity index (χ3v) is 11.5. The zero-order chi connectivity index (χ0) is 30.2. The highest BCUT2D eigenvalue weighted by Crippen LogP contribution is 2.72. The number of thioether (sulfide) groups is 1. The second-order valence-corrected chi connectivity index (χ2v) is 13.8. The van der Waals surface area contributed by atoms with Crippen LogP contribution in [0.15, 0.2) is 79.9 Å². The van der Waals surface area contributed by atoms with Crippen LogP contribution in [0.5, 0.6) is 0 Å². The number of para-hydroxylation sites is 2. The van der Waals surface area contributed by atoms with Gasteiger partial charge in [-0.15, -0.1) is 24.9 Å². The van der Waals surface area contributed by atoms with E-state index in [-0.39, 0.29) is 30.9 Å². The Morgan fingerprint density at radius 3 is 2.33 bits per heavy atom. The SMILES string of the molecule is C=CCN(C(=O)[C@H]1[C@H]2C(=O)N([C@@H](CC)CO)C(C(=O)N(CC=C)c3ccccc3Cl)C23CC[C@]1(C)S3)c1ccccc1. The maximum absolute atomic E-state index is 14.8. The molecule has 42 heavy (non-hydrogen) atoms. The molecule has 2 aromatic carbocycles. The minimum atomic E-state index is -0.877. The van der Waals surface area contributed by atoms with Gasteiger partial charge in [0.15, 0.2) is 0 Å². The van der Waals surface area contributed by atoms with Gasteiger partial charge >= 0.3 is 0 Å². The minimum Gasteiger partial charge on any atom is -0.394 e. The topological polar surface area (TPSA) is 81.2 Å². The number of aliphatic hydroxyl groups is 1. The van der Waals surface area contributed by atoms with Gasteiger partial charge in [0.25, 0.3) is 5.91 Å². The molecule has 2 unspecified atom stereocenters. The van der Waals surface area contributed by atoms with E-state index in [0.717, 1.165) is 5.69 Å². The van der Waals surface area contributed by atoms with Gasteiger partial charge in [-0.05, 0) is 50.5 Å². The summed E-state index contributed by atoms with van der Waals surface area (Å²) in [5, 5.41) is 10.8. The van der Waals surface area contributed by atoms with Crippen LogP contribution in [-0.2, 0) is 14.4 Å². The van der Waals surface area contributed by atoms with E-state index >= 15 is 0 Å². The smallest absolute Gasteiger partial charge is 0.251 e. The summed E-state index contributed by atoms with van der Waals surface area (Å²) in [6, 6.07) is 15.1. The summed E-state index contributed by atoms with van der Waals surface area (Å²) in [4.78, 5) is 48.8. The van der Waals surface area contributed by atoms with Crippen molar-refractivity contribution in [3.8, 4) is 0 Å². The molecule has 3 fully saturated rings. The van der Waals surface area contributed by atoms with Crippen molar-refractivity contribution in [2.45, 2.75) is 54.7 Å². The van der Waals surface area contributed by atoms with E-state index in [2.05, 4.69) is 20.1 Å². The molecule has 5 rings (SSSR count). The van der Waals surface area contributed by atoms with Gasteiger partial charge in [0.2, 0.25) is 11.8 Å². The van der Waals surface area contributed by atoms with Crippen molar-refractivity contribution >= 4 is 52.5 Å². The van der Waals surface area contributed by atoms with Crippen LogP contribution >= 0.6 is 23.4 Å². The molecule has 3 amide bonds. The van der Waals surface area contributed by atoms with E-state index in [4.69, 9.17) is 11.6 Å². The highest BCUT2D eigenvalue weighted by Gasteiger charge is 2.78. The maximum Gasteiger partial charge on any atom is 0.251 e. The largest absolute Gasteiger partial charge is 0.394 e. The fourth-order valence-electron chi connectivity index (χ4n) is 7.31. The predicted octanol–water partition coefficient (Wildman–Crippen LogP) is 5.33. The number of hydrogen-bond acceptors (Lipinski definition) is 5. The Morgan fingerprint density at radius 2 is 1.71 bits per heavy atom. The Hall–Kier alpha value is -3.07. The third-order valence-electron chi connectivity index (χ3n) is 9.16. The van der Waals surface area contributed by atoms with E-state index < -0.39 is 33.4 Å². The van der Waals surface area contributed by atoms with E-state index in [0.29, 0.717) is 36.5 Å². The molecular weight excluding hydrogens is 570 g/mol. The van der Waals surface area contributed by atoms with Crippen LogP contribution in [0.1, 0.15) is 33.1 Å². The summed E-state index contributed by atoms with van der Waals surface area (Å²) in [5.74, 6) is -2.02. The molecule has 3 saturated heterocycles. The van der Waals surface area contributed by atoms with Gasteiger partial charge in [-0.1, -0.05) is 61.0 Å². The van der Waals surface area contributed by atoms with Crippen LogP contribution < -0.4 is 9.80 Å². The fourth-order valence-corrected chi connectivity index (χ4v) is 9.88. The van der Waals surface area contributed by atoms with Crippen molar-refractivity contribution in [2.75, 3.05) is 29.5 Å². The van der Waals surface area contributed by atoms with Crippen LogP contribution in [0.3, 0.4) is 0 Å². The standard InChI is InChI=1S/C33H38ClN3O4S/c1-5-19-35(23-13-9-8-10-14-23)29(39)26-27-30(40)37(22(7-3)21-38)28(33(27)18-17-32(26,4)42-33)31(41)36(20-6-2)25-16-12-11-15-24(25)34/h5-6,8-16,22,26-28,38H,1-2,7,17-21H2,3-4H3/t22-,26+,27-,28?,32-,33?/m0/s1. The van der Waals surface area contributed by atoms with Gasteiger partial charge in [-0.25, -0.2) is 0 Å². The number of fused-ring (bicyclic) bond motifs is 1. The van der Waals surface area contributed by atoms with Gasteiger partial charge in [-0.2, -0.15) is 0 Å². The Bertz CT molecular complexity index is 1380. The second kappa shape index (κ2) is 11.9. The van der Waals surface area contributed by atoms with Crippen molar-refractivity contribution in [1.29, 1.82) is 0 Å². The van der Waals surface area contributed by atoms with E-state index in [1.807, 2.05) is 43.3 Å². The predicted molar refractivity (Wildman–Crippen MR) is 170 cm³/mol. The zero-order valence-electron chi connectivity index (χ0n) is 24.1. The lowest BCUT2D eigenvalue weighted by molar-refractivity contribution is -0.142. The van der Waals surface area contributed by atoms with Gasteiger partial charge in [0.1, 0.15) is 6.04 Å². The van der Waals surface area contributed by atoms with Gasteiger partial charge in [-0.3, -0.25) is 14.4 Å². The first-order valence-electron chi connectivity index (χ1n) is 14.5. The van der Waals surface area contributed by atoms with Crippen LogP contribution in [0.25, 0.3) is 0 Å². The van der Waals surface area contributed by atoms with E-state index in [1.165, 1.54) is 0 Å². The number of halogens is 1. The first-order chi connectivity index (χ1) is 20.2. The maximum atomic E-state index is 14.8. The van der Waals surface area contributed by atoms with Crippen LogP contribution in [0.4, 0.5) is 11.4 Å². The molecule has 1 spiro atoms. The van der Waals surface area contributed by atoms with Crippen molar-refractivity contribution in [2.24, 2.45) is 11.8 Å². The van der Waals surface area contributed by atoms with Crippen molar-refractivity contribution in [1.82, 2.24) is 4.90 Å². The molecule has 0 aromatic heterocycles. The average molecular weight is 608 g/mol. The summed E-state index contributed by atoms with van der Waals surface area (Å²) < 4.78 is -1.37. The van der Waals surface area contributed by atoms with Crippen LogP contribution in [-0.4, -0.2) is 69.0 Å². The quantitative estimate of drug-likeness (QED) is 0.349. The summed E-state index contributed by atoms with van der Waals surface area (Å²) >= 11 is 8.19. The lowest BCUT2D eigenvalue weighted by atomic mass is 9.66. The summed E-state index contributed by atoms with van der Waals surface area (Å²) in [7, 11) is 0. The Kier molecular flexibility index (Phi) is 8.61. The molecule has 3 aliphatic rings. The van der Waals surface area contributed by atoms with Crippen LogP contribution in [0.2, 0.25) is 5.02 Å². The number of hydrogen-bond donors (Lipinski definition) is 1. The van der Waals surface area contributed by atoms with E-state index in [1.54, 1.807) is 56.8 Å². The summed E-state index contributed by atoms with van der Waals surface area (Å²) in [6.07, 6.45) is 5.10. The summed E-state index contributed by atoms with van der Waals surface area (Å²) in [6.45, 7) is 11.9. The number of likely N-dealkylation sites (tertiary alicyclic amines) is 1. The van der Waals surface area contributed by atoms with Crippen LogP contribution in [0, 0.1) is 11.8 Å². The highest BCUT2D eigenvalue weighted by atomic mass is 35.5. The molecule has 0 radical (unpaired) electrons. The third kappa shape index (κ3) is 4.68. The van der Waals surface area contributed by atoms with Crippen molar-refractivity contribution in [3.05, 3.63) is 84.9 Å². The molecule has 1 N–H and O–H groups in total. The van der Waals surface area contributed by atoms with Gasteiger partial charge in [0, 0.05) is 23.5 Å². The molecule has 9 heteroatoms. The number of rotatable bonds is 11. The zero-order valence-corrected chi connectivity index (χ0v) is 25.7. The number of carbonyl (C=O) groups excluding carboxylic acids is 3. The van der Waals surface area contributed by atoms with E-state index in [9.17, 15) is 19.5 Å². The van der Waals surface area contributed by atoms with Gasteiger partial charge < -0.3 is 19.8 Å². The minimum absolute atomic E-state index is 0.143. The molecule has 3 heterocycles. The fraction of sp³-hybridized carbons (Fsp3) is 0.424. The molecule has 222 valence electrons. The normalized spacial score (nSPS) is 28.3. The Labute approximate surface area is 257 Å². The monoisotopic (exact) mass is 607 g/mol. The Balaban J connectivity index is 1.63.